The topological polar surface area (TPSA) is 16.4 Å². The second-order valence-electron chi connectivity index (χ2n) is 14.5. The van der Waals surface area contributed by atoms with Gasteiger partial charge in [0.1, 0.15) is 11.2 Å². The Morgan fingerprint density at radius 2 is 0.857 bits per heavy atom. The molecule has 262 valence electrons. The molecule has 2 nitrogen and oxygen atoms in total. The van der Waals surface area contributed by atoms with E-state index in [4.69, 9.17) is 4.42 Å². The SMILES string of the molecule is c1ccc(-c2ccccc2N(c2ccc(-c3ccc4ccc5c6ccccc6ccc5c4c3)cc2)c2ccc(-c3cccc4c3oc3ccccc34)cc2)cc1. The van der Waals surface area contributed by atoms with E-state index in [1.54, 1.807) is 0 Å². The average Bonchev–Trinajstić information content (AvgIpc) is 3.66. The Balaban J connectivity index is 1.02. The number of anilines is 3. The van der Waals surface area contributed by atoms with Crippen molar-refractivity contribution in [1.29, 1.82) is 0 Å². The highest BCUT2D eigenvalue weighted by Gasteiger charge is 2.19. The van der Waals surface area contributed by atoms with Crippen LogP contribution in [-0.2, 0) is 0 Å². The summed E-state index contributed by atoms with van der Waals surface area (Å²) in [5, 5.41) is 9.91. The van der Waals surface area contributed by atoms with Crippen molar-refractivity contribution in [2.75, 3.05) is 4.90 Å². The number of benzene rings is 10. The molecule has 1 heterocycles. The van der Waals surface area contributed by atoms with Crippen LogP contribution in [-0.4, -0.2) is 0 Å². The highest BCUT2D eigenvalue weighted by Crippen LogP contribution is 2.43. The second kappa shape index (κ2) is 13.2. The fourth-order valence-electron chi connectivity index (χ4n) is 8.52. The number of para-hydroxylation sites is 3. The van der Waals surface area contributed by atoms with E-state index in [-0.39, 0.29) is 0 Å². The van der Waals surface area contributed by atoms with Gasteiger partial charge in [0.2, 0.25) is 0 Å². The lowest BCUT2D eigenvalue weighted by Crippen LogP contribution is -2.11. The van der Waals surface area contributed by atoms with E-state index < -0.39 is 0 Å². The van der Waals surface area contributed by atoms with Crippen molar-refractivity contribution in [2.24, 2.45) is 0 Å². The number of furan rings is 1. The molecular formula is C54H35NO. The zero-order chi connectivity index (χ0) is 37.0. The predicted molar refractivity (Wildman–Crippen MR) is 237 cm³/mol. The summed E-state index contributed by atoms with van der Waals surface area (Å²) in [5.74, 6) is 0. The number of hydrogen-bond donors (Lipinski definition) is 0. The summed E-state index contributed by atoms with van der Waals surface area (Å²) in [6.07, 6.45) is 0. The van der Waals surface area contributed by atoms with Crippen molar-refractivity contribution in [3.05, 3.63) is 212 Å². The fraction of sp³-hybridized carbons (Fsp3) is 0. The molecule has 0 unspecified atom stereocenters. The molecule has 2 heteroatoms. The van der Waals surface area contributed by atoms with Crippen LogP contribution in [0.5, 0.6) is 0 Å². The summed E-state index contributed by atoms with van der Waals surface area (Å²) in [7, 11) is 0. The first-order valence-corrected chi connectivity index (χ1v) is 19.2. The van der Waals surface area contributed by atoms with Crippen LogP contribution in [0.15, 0.2) is 217 Å². The molecule has 56 heavy (non-hydrogen) atoms. The molecule has 0 saturated carbocycles. The first kappa shape index (κ1) is 32.0. The van der Waals surface area contributed by atoms with E-state index in [9.17, 15) is 0 Å². The van der Waals surface area contributed by atoms with Gasteiger partial charge in [-0.25, -0.2) is 0 Å². The van der Waals surface area contributed by atoms with Crippen LogP contribution < -0.4 is 4.90 Å². The summed E-state index contributed by atoms with van der Waals surface area (Å²) in [4.78, 5) is 2.37. The van der Waals surface area contributed by atoms with Crippen molar-refractivity contribution in [3.8, 4) is 33.4 Å². The summed E-state index contributed by atoms with van der Waals surface area (Å²) < 4.78 is 6.42. The van der Waals surface area contributed by atoms with Gasteiger partial charge in [0.05, 0.1) is 5.69 Å². The van der Waals surface area contributed by atoms with E-state index in [1.807, 2.05) is 12.1 Å². The second-order valence-corrected chi connectivity index (χ2v) is 14.5. The minimum Gasteiger partial charge on any atom is -0.455 e. The van der Waals surface area contributed by atoms with Crippen LogP contribution in [0, 0.1) is 0 Å². The maximum absolute atomic E-state index is 6.42. The molecule has 0 aliphatic rings. The molecule has 11 aromatic rings. The minimum atomic E-state index is 0.907. The van der Waals surface area contributed by atoms with Gasteiger partial charge in [-0.15, -0.1) is 0 Å². The number of rotatable bonds is 6. The maximum atomic E-state index is 6.42. The molecule has 11 rings (SSSR count). The predicted octanol–water partition coefficient (Wildman–Crippen LogP) is 15.5. The Bertz CT molecular complexity index is 3230. The normalized spacial score (nSPS) is 11.6. The molecule has 10 aromatic carbocycles. The van der Waals surface area contributed by atoms with E-state index in [0.717, 1.165) is 50.1 Å². The molecule has 0 bridgehead atoms. The van der Waals surface area contributed by atoms with E-state index >= 15 is 0 Å². The Hall–Kier alpha value is -7.42. The molecule has 0 saturated heterocycles. The van der Waals surface area contributed by atoms with Crippen LogP contribution in [0.2, 0.25) is 0 Å². The van der Waals surface area contributed by atoms with Crippen LogP contribution >= 0.6 is 0 Å². The van der Waals surface area contributed by atoms with Gasteiger partial charge in [0, 0.05) is 33.3 Å². The van der Waals surface area contributed by atoms with E-state index in [2.05, 4.69) is 205 Å². The summed E-state index contributed by atoms with van der Waals surface area (Å²) in [6.45, 7) is 0. The highest BCUT2D eigenvalue weighted by atomic mass is 16.3. The Morgan fingerprint density at radius 3 is 1.66 bits per heavy atom. The van der Waals surface area contributed by atoms with Gasteiger partial charge in [-0.05, 0) is 97.0 Å². The molecule has 0 aliphatic heterocycles. The van der Waals surface area contributed by atoms with Crippen molar-refractivity contribution in [1.82, 2.24) is 0 Å². The number of fused-ring (bicyclic) bond motifs is 8. The van der Waals surface area contributed by atoms with Crippen molar-refractivity contribution < 1.29 is 4.42 Å². The van der Waals surface area contributed by atoms with Gasteiger partial charge >= 0.3 is 0 Å². The number of hydrogen-bond acceptors (Lipinski definition) is 2. The van der Waals surface area contributed by atoms with Gasteiger partial charge in [-0.3, -0.25) is 0 Å². The lowest BCUT2D eigenvalue weighted by Gasteiger charge is -2.28. The monoisotopic (exact) mass is 713 g/mol. The summed E-state index contributed by atoms with van der Waals surface area (Å²) >= 11 is 0. The van der Waals surface area contributed by atoms with Crippen molar-refractivity contribution in [2.45, 2.75) is 0 Å². The van der Waals surface area contributed by atoms with E-state index in [0.29, 0.717) is 0 Å². The third kappa shape index (κ3) is 5.34. The third-order valence-corrected chi connectivity index (χ3v) is 11.3. The minimum absolute atomic E-state index is 0.907. The molecule has 0 fully saturated rings. The Labute approximate surface area is 325 Å². The smallest absolute Gasteiger partial charge is 0.143 e. The molecule has 0 spiro atoms. The zero-order valence-electron chi connectivity index (χ0n) is 30.6. The molecule has 0 atom stereocenters. The number of nitrogens with zero attached hydrogens (tertiary/aromatic N) is 1. The molecule has 0 radical (unpaired) electrons. The first-order valence-electron chi connectivity index (χ1n) is 19.2. The largest absolute Gasteiger partial charge is 0.455 e. The van der Waals surface area contributed by atoms with Gasteiger partial charge in [-0.1, -0.05) is 170 Å². The standard InChI is InChI=1S/C54H35NO/c1-2-11-37(12-3-1)45-15-6-8-19-52(45)55(43-31-25-39(26-32-43)46-17-10-18-50-49-16-7-9-20-53(49)56-54(46)50)42-29-23-36(24-30-42)41-22-21-40-28-33-47-44-14-5-4-13-38(44)27-34-48(47)51(40)35-41/h1-35H. The van der Waals surface area contributed by atoms with Crippen LogP contribution in [0.4, 0.5) is 17.1 Å². The zero-order valence-corrected chi connectivity index (χ0v) is 30.6. The average molecular weight is 714 g/mol. The van der Waals surface area contributed by atoms with Crippen LogP contribution in [0.25, 0.3) is 87.6 Å². The molecule has 0 aliphatic carbocycles. The molecule has 0 amide bonds. The third-order valence-electron chi connectivity index (χ3n) is 11.3. The molecule has 1 aromatic heterocycles. The highest BCUT2D eigenvalue weighted by molar-refractivity contribution is 6.18. The molecular weight excluding hydrogens is 679 g/mol. The quantitative estimate of drug-likeness (QED) is 0.160. The van der Waals surface area contributed by atoms with Gasteiger partial charge in [0.25, 0.3) is 0 Å². The molecule has 0 N–H and O–H groups in total. The van der Waals surface area contributed by atoms with Crippen molar-refractivity contribution >= 4 is 71.3 Å². The summed E-state index contributed by atoms with van der Waals surface area (Å²) in [5.41, 5.74) is 12.0. The Kier molecular flexibility index (Phi) is 7.53. The van der Waals surface area contributed by atoms with Crippen molar-refractivity contribution in [3.63, 3.8) is 0 Å². The summed E-state index contributed by atoms with van der Waals surface area (Å²) in [6, 6.07) is 76.4. The van der Waals surface area contributed by atoms with E-state index in [1.165, 1.54) is 54.6 Å². The van der Waals surface area contributed by atoms with Gasteiger partial charge in [-0.2, -0.15) is 0 Å². The fourth-order valence-corrected chi connectivity index (χ4v) is 8.52. The first-order chi connectivity index (χ1) is 27.8. The van der Waals surface area contributed by atoms with Gasteiger partial charge in [0.15, 0.2) is 0 Å². The lowest BCUT2D eigenvalue weighted by molar-refractivity contribution is 0.670. The van der Waals surface area contributed by atoms with Gasteiger partial charge < -0.3 is 9.32 Å². The maximum Gasteiger partial charge on any atom is 0.143 e. The van der Waals surface area contributed by atoms with Crippen LogP contribution in [0.3, 0.4) is 0 Å². The Morgan fingerprint density at radius 1 is 0.304 bits per heavy atom. The lowest BCUT2D eigenvalue weighted by atomic mass is 9.94. The van der Waals surface area contributed by atoms with Crippen LogP contribution in [0.1, 0.15) is 0 Å².